The first-order chi connectivity index (χ1) is 8.83. The molecule has 0 spiro atoms. The third-order valence-corrected chi connectivity index (χ3v) is 4.64. The van der Waals surface area contributed by atoms with Crippen LogP contribution in [-0.2, 0) is 4.74 Å². The normalized spacial score (nSPS) is 26.5. The van der Waals surface area contributed by atoms with Crippen LogP contribution in [0.5, 0.6) is 0 Å². The number of hydrogen-bond donors (Lipinski definition) is 1. The largest absolute Gasteiger partial charge is 0.381 e. The number of hydrogen-bond acceptors (Lipinski definition) is 3. The topological polar surface area (TPSA) is 24.5 Å². The first-order valence-electron chi connectivity index (χ1n) is 7.87. The summed E-state index contributed by atoms with van der Waals surface area (Å²) in [5.74, 6) is 1.70. The number of ether oxygens (including phenoxy) is 1. The minimum Gasteiger partial charge on any atom is -0.381 e. The summed E-state index contributed by atoms with van der Waals surface area (Å²) < 4.78 is 5.55. The number of likely N-dealkylation sites (N-methyl/N-ethyl adjacent to an activating group) is 2. The fraction of sp³-hybridized carbons (Fsp3) is 1.00. The van der Waals surface area contributed by atoms with Crippen LogP contribution in [0.2, 0.25) is 0 Å². The summed E-state index contributed by atoms with van der Waals surface area (Å²) >= 11 is 0. The number of rotatable bonds is 8. The Labute approximate surface area is 112 Å². The molecule has 18 heavy (non-hydrogen) atoms. The van der Waals surface area contributed by atoms with Crippen LogP contribution in [0.25, 0.3) is 0 Å². The van der Waals surface area contributed by atoms with Gasteiger partial charge in [-0.1, -0.05) is 20.3 Å². The summed E-state index contributed by atoms with van der Waals surface area (Å²) in [6.07, 6.45) is 5.60. The van der Waals surface area contributed by atoms with E-state index in [0.717, 1.165) is 31.6 Å². The van der Waals surface area contributed by atoms with Crippen LogP contribution in [-0.4, -0.2) is 50.3 Å². The maximum Gasteiger partial charge on any atom is 0.0510 e. The molecule has 1 N–H and O–H groups in total. The van der Waals surface area contributed by atoms with Gasteiger partial charge in [0.05, 0.1) is 6.61 Å². The molecule has 3 heteroatoms. The second kappa shape index (κ2) is 7.46. The van der Waals surface area contributed by atoms with E-state index < -0.39 is 0 Å². The van der Waals surface area contributed by atoms with Crippen LogP contribution in [0.1, 0.15) is 39.5 Å². The monoisotopic (exact) mass is 254 g/mol. The Morgan fingerprint density at radius 2 is 2.11 bits per heavy atom. The van der Waals surface area contributed by atoms with Gasteiger partial charge in [-0.25, -0.2) is 0 Å². The van der Waals surface area contributed by atoms with Crippen molar-refractivity contribution < 1.29 is 4.74 Å². The van der Waals surface area contributed by atoms with E-state index in [-0.39, 0.29) is 0 Å². The maximum atomic E-state index is 5.55. The van der Waals surface area contributed by atoms with Crippen LogP contribution in [0.4, 0.5) is 0 Å². The zero-order valence-electron chi connectivity index (χ0n) is 12.2. The molecule has 1 heterocycles. The summed E-state index contributed by atoms with van der Waals surface area (Å²) in [7, 11) is 0. The van der Waals surface area contributed by atoms with E-state index in [1.54, 1.807) is 0 Å². The second-order valence-corrected chi connectivity index (χ2v) is 5.94. The Hall–Kier alpha value is -0.120. The molecule has 3 nitrogen and oxygen atoms in total. The van der Waals surface area contributed by atoms with E-state index in [2.05, 4.69) is 24.1 Å². The maximum absolute atomic E-state index is 5.55. The lowest BCUT2D eigenvalue weighted by molar-refractivity contribution is 0.141. The smallest absolute Gasteiger partial charge is 0.0510 e. The first kappa shape index (κ1) is 14.3. The Balaban J connectivity index is 1.80. The van der Waals surface area contributed by atoms with Gasteiger partial charge in [0.25, 0.3) is 0 Å². The molecule has 0 bridgehead atoms. The summed E-state index contributed by atoms with van der Waals surface area (Å²) in [6.45, 7) is 11.2. The Morgan fingerprint density at radius 3 is 2.61 bits per heavy atom. The lowest BCUT2D eigenvalue weighted by Crippen LogP contribution is -2.47. The lowest BCUT2D eigenvalue weighted by atomic mass is 9.85. The third kappa shape index (κ3) is 3.94. The minimum atomic E-state index is 0.623. The fourth-order valence-corrected chi connectivity index (χ4v) is 3.16. The molecule has 0 aromatic carbocycles. The highest BCUT2D eigenvalue weighted by Gasteiger charge is 2.28. The molecule has 2 unspecified atom stereocenters. The van der Waals surface area contributed by atoms with Gasteiger partial charge in [0.15, 0.2) is 0 Å². The summed E-state index contributed by atoms with van der Waals surface area (Å²) in [5.41, 5.74) is 0. The van der Waals surface area contributed by atoms with Crippen molar-refractivity contribution in [2.75, 3.05) is 39.4 Å². The number of nitrogens with zero attached hydrogens (tertiary/aromatic N) is 1. The molecule has 2 fully saturated rings. The average molecular weight is 254 g/mol. The number of nitrogens with one attached hydrogen (secondary N) is 1. The van der Waals surface area contributed by atoms with E-state index in [1.165, 1.54) is 45.3 Å². The zero-order chi connectivity index (χ0) is 12.8. The predicted molar refractivity (Wildman–Crippen MR) is 75.8 cm³/mol. The third-order valence-electron chi connectivity index (χ3n) is 4.64. The molecule has 0 radical (unpaired) electrons. The molecule has 0 aromatic heterocycles. The van der Waals surface area contributed by atoms with Gasteiger partial charge in [-0.15, -0.1) is 0 Å². The van der Waals surface area contributed by atoms with Crippen molar-refractivity contribution in [3.63, 3.8) is 0 Å². The first-order valence-corrected chi connectivity index (χ1v) is 7.87. The van der Waals surface area contributed by atoms with Gasteiger partial charge < -0.3 is 15.0 Å². The van der Waals surface area contributed by atoms with Gasteiger partial charge >= 0.3 is 0 Å². The molecule has 2 aliphatic rings. The molecule has 0 aromatic rings. The zero-order valence-corrected chi connectivity index (χ0v) is 12.2. The van der Waals surface area contributed by atoms with Gasteiger partial charge in [0.1, 0.15) is 0 Å². The van der Waals surface area contributed by atoms with Crippen molar-refractivity contribution in [2.24, 2.45) is 11.8 Å². The van der Waals surface area contributed by atoms with E-state index in [0.29, 0.717) is 6.04 Å². The fourth-order valence-electron chi connectivity index (χ4n) is 3.16. The highest BCUT2D eigenvalue weighted by Crippen LogP contribution is 2.27. The van der Waals surface area contributed by atoms with Crippen molar-refractivity contribution in [2.45, 2.75) is 45.6 Å². The SMILES string of the molecule is CCNC(CN(CC)CC1CCC1)C1CCOC1. The van der Waals surface area contributed by atoms with E-state index in [4.69, 9.17) is 4.74 Å². The molecule has 1 saturated heterocycles. The van der Waals surface area contributed by atoms with Gasteiger partial charge in [-0.2, -0.15) is 0 Å². The van der Waals surface area contributed by atoms with Crippen molar-refractivity contribution in [3.05, 3.63) is 0 Å². The van der Waals surface area contributed by atoms with Gasteiger partial charge in [0, 0.05) is 31.7 Å². The van der Waals surface area contributed by atoms with Gasteiger partial charge in [0.2, 0.25) is 0 Å². The van der Waals surface area contributed by atoms with Crippen LogP contribution in [0.15, 0.2) is 0 Å². The summed E-state index contributed by atoms with van der Waals surface area (Å²) in [6, 6.07) is 0.623. The lowest BCUT2D eigenvalue weighted by Gasteiger charge is -2.35. The quantitative estimate of drug-likeness (QED) is 0.718. The molecule has 2 atom stereocenters. The highest BCUT2D eigenvalue weighted by molar-refractivity contribution is 4.83. The van der Waals surface area contributed by atoms with Crippen molar-refractivity contribution >= 4 is 0 Å². The van der Waals surface area contributed by atoms with Gasteiger partial charge in [-0.3, -0.25) is 0 Å². The summed E-state index contributed by atoms with van der Waals surface area (Å²) in [5, 5.41) is 3.68. The molecular formula is C15H30N2O. The summed E-state index contributed by atoms with van der Waals surface area (Å²) in [4.78, 5) is 2.65. The van der Waals surface area contributed by atoms with Gasteiger partial charge in [-0.05, 0) is 38.3 Å². The molecule has 2 rings (SSSR count). The highest BCUT2D eigenvalue weighted by atomic mass is 16.5. The minimum absolute atomic E-state index is 0.623. The predicted octanol–water partition coefficient (Wildman–Crippen LogP) is 2.12. The molecule has 106 valence electrons. The van der Waals surface area contributed by atoms with E-state index in [1.807, 2.05) is 0 Å². The van der Waals surface area contributed by atoms with Crippen LogP contribution >= 0.6 is 0 Å². The Morgan fingerprint density at radius 1 is 1.28 bits per heavy atom. The Kier molecular flexibility index (Phi) is 5.93. The van der Waals surface area contributed by atoms with Crippen molar-refractivity contribution in [1.29, 1.82) is 0 Å². The molecule has 1 aliphatic carbocycles. The van der Waals surface area contributed by atoms with Crippen LogP contribution in [0, 0.1) is 11.8 Å². The average Bonchev–Trinajstić information content (AvgIpc) is 2.84. The van der Waals surface area contributed by atoms with Crippen molar-refractivity contribution in [1.82, 2.24) is 10.2 Å². The van der Waals surface area contributed by atoms with E-state index >= 15 is 0 Å². The second-order valence-electron chi connectivity index (χ2n) is 5.94. The Bertz CT molecular complexity index is 225. The van der Waals surface area contributed by atoms with Crippen LogP contribution in [0.3, 0.4) is 0 Å². The standard InChI is InChI=1S/C15H30N2O/c1-3-16-15(14-8-9-18-12-14)11-17(4-2)10-13-6-5-7-13/h13-16H,3-12H2,1-2H3. The van der Waals surface area contributed by atoms with Crippen molar-refractivity contribution in [3.8, 4) is 0 Å². The molecular weight excluding hydrogens is 224 g/mol. The molecule has 1 aliphatic heterocycles. The molecule has 1 saturated carbocycles. The molecule has 0 amide bonds. The van der Waals surface area contributed by atoms with E-state index in [9.17, 15) is 0 Å². The van der Waals surface area contributed by atoms with Crippen LogP contribution < -0.4 is 5.32 Å².